The summed E-state index contributed by atoms with van der Waals surface area (Å²) in [6.45, 7) is 2.25. The maximum Gasteiger partial charge on any atom is 0.142 e. The van der Waals surface area contributed by atoms with Gasteiger partial charge in [-0.25, -0.2) is 4.39 Å². The van der Waals surface area contributed by atoms with Crippen molar-refractivity contribution in [2.24, 2.45) is 5.73 Å². The van der Waals surface area contributed by atoms with Crippen LogP contribution in [0.2, 0.25) is 0 Å². The van der Waals surface area contributed by atoms with Crippen LogP contribution in [0.3, 0.4) is 0 Å². The summed E-state index contributed by atoms with van der Waals surface area (Å²) in [5.41, 5.74) is 9.30. The van der Waals surface area contributed by atoms with Crippen LogP contribution in [0.1, 0.15) is 28.3 Å². The van der Waals surface area contributed by atoms with Crippen LogP contribution in [-0.2, 0) is 6.61 Å². The van der Waals surface area contributed by atoms with Gasteiger partial charge in [0.05, 0.1) is 11.6 Å². The summed E-state index contributed by atoms with van der Waals surface area (Å²) in [6, 6.07) is 17.5. The quantitative estimate of drug-likeness (QED) is 0.518. The molecule has 1 unspecified atom stereocenters. The van der Waals surface area contributed by atoms with Gasteiger partial charge < -0.3 is 10.5 Å². The molecule has 0 bridgehead atoms. The minimum Gasteiger partial charge on any atom is -0.487 e. The lowest BCUT2D eigenvalue weighted by molar-refractivity contribution is 0.301. The van der Waals surface area contributed by atoms with E-state index in [4.69, 9.17) is 15.9 Å². The number of ether oxygens (including phenoxy) is 1. The van der Waals surface area contributed by atoms with Crippen LogP contribution in [0, 0.1) is 18.2 Å². The van der Waals surface area contributed by atoms with Crippen molar-refractivity contribution in [2.45, 2.75) is 19.4 Å². The van der Waals surface area contributed by atoms with Crippen molar-refractivity contribution in [1.29, 1.82) is 5.41 Å². The average molecular weight is 349 g/mol. The molecule has 5 heteroatoms. The number of aromatic nitrogens is 1. The van der Waals surface area contributed by atoms with Crippen LogP contribution < -0.4 is 10.5 Å². The largest absolute Gasteiger partial charge is 0.487 e. The van der Waals surface area contributed by atoms with Crippen LogP contribution in [0.5, 0.6) is 5.75 Å². The van der Waals surface area contributed by atoms with E-state index < -0.39 is 5.92 Å². The molecule has 2 aromatic carbocycles. The van der Waals surface area contributed by atoms with Gasteiger partial charge in [-0.2, -0.15) is 0 Å². The first kappa shape index (κ1) is 17.6. The normalized spacial score (nSPS) is 11.8. The first-order chi connectivity index (χ1) is 12.6. The number of hydrogen-bond donors (Lipinski definition) is 2. The van der Waals surface area contributed by atoms with Gasteiger partial charge in [0.15, 0.2) is 0 Å². The van der Waals surface area contributed by atoms with Crippen LogP contribution in [-0.4, -0.2) is 10.8 Å². The fraction of sp³-hybridized carbons (Fsp3) is 0.143. The van der Waals surface area contributed by atoms with Crippen molar-refractivity contribution in [2.75, 3.05) is 0 Å². The number of halogens is 1. The molecule has 1 atom stereocenters. The molecule has 0 aliphatic rings. The van der Waals surface area contributed by atoms with E-state index in [9.17, 15) is 4.39 Å². The molecule has 0 amide bonds. The Balaban J connectivity index is 1.93. The molecule has 0 radical (unpaired) electrons. The molecule has 3 rings (SSSR count). The second kappa shape index (κ2) is 7.78. The molecule has 1 aromatic heterocycles. The summed E-state index contributed by atoms with van der Waals surface area (Å²) in [5, 5.41) is 8.08. The van der Waals surface area contributed by atoms with Gasteiger partial charge in [-0.15, -0.1) is 0 Å². The zero-order valence-corrected chi connectivity index (χ0v) is 14.4. The smallest absolute Gasteiger partial charge is 0.142 e. The number of nitrogens with zero attached hydrogens (tertiary/aromatic N) is 1. The molecule has 0 aliphatic heterocycles. The minimum atomic E-state index is -0.486. The lowest BCUT2D eigenvalue weighted by atomic mass is 9.90. The number of rotatable bonds is 6. The van der Waals surface area contributed by atoms with E-state index in [1.165, 1.54) is 12.1 Å². The highest BCUT2D eigenvalue weighted by molar-refractivity contribution is 5.88. The fourth-order valence-corrected chi connectivity index (χ4v) is 2.86. The zero-order valence-electron chi connectivity index (χ0n) is 14.4. The first-order valence-corrected chi connectivity index (χ1v) is 8.28. The maximum atomic E-state index is 13.0. The van der Waals surface area contributed by atoms with Gasteiger partial charge >= 0.3 is 0 Å². The standard InChI is InChI=1S/C21H20FN3O/c1-14-5-2-3-6-17(14)19(21(23)24)20-18(7-4-12-25-20)26-13-15-8-10-16(22)11-9-15/h2-12,19H,13H2,1H3,(H3,23,24). The molecular weight excluding hydrogens is 329 g/mol. The molecule has 0 fully saturated rings. The molecular formula is C21H20FN3O. The second-order valence-electron chi connectivity index (χ2n) is 6.05. The number of nitrogens with one attached hydrogen (secondary N) is 1. The van der Waals surface area contributed by atoms with E-state index in [0.717, 1.165) is 16.7 Å². The Kier molecular flexibility index (Phi) is 5.27. The van der Waals surface area contributed by atoms with Gasteiger partial charge in [0, 0.05) is 6.20 Å². The Bertz CT molecular complexity index is 909. The molecule has 0 aliphatic carbocycles. The molecule has 0 saturated carbocycles. The molecule has 132 valence electrons. The average Bonchev–Trinajstić information content (AvgIpc) is 2.64. The van der Waals surface area contributed by atoms with E-state index in [2.05, 4.69) is 4.98 Å². The van der Waals surface area contributed by atoms with Crippen LogP contribution in [0.4, 0.5) is 4.39 Å². The van der Waals surface area contributed by atoms with Gasteiger partial charge in [0.2, 0.25) is 0 Å². The van der Waals surface area contributed by atoms with Crippen LogP contribution in [0.25, 0.3) is 0 Å². The lowest BCUT2D eigenvalue weighted by Gasteiger charge is -2.20. The first-order valence-electron chi connectivity index (χ1n) is 8.28. The second-order valence-corrected chi connectivity index (χ2v) is 6.05. The highest BCUT2D eigenvalue weighted by Crippen LogP contribution is 2.32. The number of aryl methyl sites for hydroxylation is 1. The molecule has 3 aromatic rings. The predicted molar refractivity (Wildman–Crippen MR) is 99.9 cm³/mol. The van der Waals surface area contributed by atoms with E-state index in [0.29, 0.717) is 11.4 Å². The molecule has 1 heterocycles. The van der Waals surface area contributed by atoms with Crippen molar-refractivity contribution in [3.63, 3.8) is 0 Å². The number of amidine groups is 1. The van der Waals surface area contributed by atoms with E-state index >= 15 is 0 Å². The van der Waals surface area contributed by atoms with Crippen LogP contribution in [0.15, 0.2) is 66.9 Å². The van der Waals surface area contributed by atoms with E-state index in [1.54, 1.807) is 30.5 Å². The Hall–Kier alpha value is -3.21. The topological polar surface area (TPSA) is 72.0 Å². The monoisotopic (exact) mass is 349 g/mol. The third kappa shape index (κ3) is 3.88. The number of nitrogens with two attached hydrogens (primary N) is 1. The summed E-state index contributed by atoms with van der Waals surface area (Å²) >= 11 is 0. The van der Waals surface area contributed by atoms with Crippen molar-refractivity contribution in [1.82, 2.24) is 4.98 Å². The summed E-state index contributed by atoms with van der Waals surface area (Å²) < 4.78 is 19.0. The SMILES string of the molecule is Cc1ccccc1C(C(=N)N)c1ncccc1OCc1ccc(F)cc1. The molecule has 0 saturated heterocycles. The Morgan fingerprint density at radius 3 is 2.54 bits per heavy atom. The van der Waals surface area contributed by atoms with Crippen molar-refractivity contribution in [3.8, 4) is 5.75 Å². The molecule has 4 nitrogen and oxygen atoms in total. The Morgan fingerprint density at radius 2 is 1.85 bits per heavy atom. The van der Waals surface area contributed by atoms with Gasteiger partial charge in [-0.3, -0.25) is 10.4 Å². The zero-order chi connectivity index (χ0) is 18.5. The summed E-state index contributed by atoms with van der Waals surface area (Å²) in [7, 11) is 0. The lowest BCUT2D eigenvalue weighted by Crippen LogP contribution is -2.24. The highest BCUT2D eigenvalue weighted by Gasteiger charge is 2.24. The summed E-state index contributed by atoms with van der Waals surface area (Å²) in [6.07, 6.45) is 1.66. The molecule has 26 heavy (non-hydrogen) atoms. The Labute approximate surface area is 152 Å². The molecule has 0 spiro atoms. The molecule has 3 N–H and O–H groups in total. The van der Waals surface area contributed by atoms with Crippen molar-refractivity contribution >= 4 is 5.84 Å². The third-order valence-corrected chi connectivity index (χ3v) is 4.19. The van der Waals surface area contributed by atoms with Crippen LogP contribution >= 0.6 is 0 Å². The van der Waals surface area contributed by atoms with Crippen molar-refractivity contribution < 1.29 is 9.13 Å². The number of benzene rings is 2. The van der Waals surface area contributed by atoms with Gasteiger partial charge in [0.25, 0.3) is 0 Å². The summed E-state index contributed by atoms with van der Waals surface area (Å²) in [4.78, 5) is 4.44. The summed E-state index contributed by atoms with van der Waals surface area (Å²) in [5.74, 6) is -0.211. The third-order valence-electron chi connectivity index (χ3n) is 4.19. The number of pyridine rings is 1. The van der Waals surface area contributed by atoms with E-state index in [-0.39, 0.29) is 18.3 Å². The highest BCUT2D eigenvalue weighted by atomic mass is 19.1. The maximum absolute atomic E-state index is 13.0. The minimum absolute atomic E-state index is 0.00429. The van der Waals surface area contributed by atoms with Gasteiger partial charge in [-0.1, -0.05) is 36.4 Å². The Morgan fingerprint density at radius 1 is 1.12 bits per heavy atom. The van der Waals surface area contributed by atoms with Gasteiger partial charge in [0.1, 0.15) is 24.0 Å². The van der Waals surface area contributed by atoms with Gasteiger partial charge in [-0.05, 0) is 47.9 Å². The van der Waals surface area contributed by atoms with Crippen molar-refractivity contribution in [3.05, 3.63) is 95.1 Å². The fourth-order valence-electron chi connectivity index (χ4n) is 2.86. The predicted octanol–water partition coefficient (Wildman–Crippen LogP) is 4.18. The van der Waals surface area contributed by atoms with E-state index in [1.807, 2.05) is 31.2 Å². The number of hydrogen-bond acceptors (Lipinski definition) is 3.